The van der Waals surface area contributed by atoms with E-state index in [1.165, 1.54) is 18.2 Å². The molecular formula is C16H20F2N2O. The summed E-state index contributed by atoms with van der Waals surface area (Å²) in [7, 11) is 0. The van der Waals surface area contributed by atoms with Crippen LogP contribution in [-0.2, 0) is 11.2 Å². The van der Waals surface area contributed by atoms with Crippen molar-refractivity contribution < 1.29 is 13.6 Å². The largest absolute Gasteiger partial charge is 0.338 e. The molecule has 1 aliphatic heterocycles. The topological polar surface area (TPSA) is 32.3 Å². The molecular weight excluding hydrogens is 274 g/mol. The van der Waals surface area contributed by atoms with Gasteiger partial charge in [0.2, 0.25) is 5.91 Å². The molecule has 0 spiro atoms. The summed E-state index contributed by atoms with van der Waals surface area (Å²) in [6.45, 7) is 1.64. The standard InChI is InChI=1S/C16H20F2N2O/c17-14-4-1-5-15(18)13(14)9-16(21)20(12-6-7-12)10-11-3-2-8-19-11/h1,4-5,11-12,19H,2-3,6-10H2. The van der Waals surface area contributed by atoms with Crippen molar-refractivity contribution >= 4 is 5.91 Å². The zero-order valence-corrected chi connectivity index (χ0v) is 11.9. The number of carbonyl (C=O) groups is 1. The molecule has 1 heterocycles. The summed E-state index contributed by atoms with van der Waals surface area (Å²) in [6, 6.07) is 4.30. The summed E-state index contributed by atoms with van der Waals surface area (Å²) in [4.78, 5) is 14.3. The highest BCUT2D eigenvalue weighted by Crippen LogP contribution is 2.28. The molecule has 1 aromatic carbocycles. The van der Waals surface area contributed by atoms with Crippen molar-refractivity contribution in [3.63, 3.8) is 0 Å². The van der Waals surface area contributed by atoms with E-state index in [9.17, 15) is 13.6 Å². The number of nitrogens with zero attached hydrogens (tertiary/aromatic N) is 1. The number of rotatable bonds is 5. The van der Waals surface area contributed by atoms with E-state index < -0.39 is 11.6 Å². The van der Waals surface area contributed by atoms with Crippen LogP contribution >= 0.6 is 0 Å². The minimum Gasteiger partial charge on any atom is -0.338 e. The van der Waals surface area contributed by atoms with E-state index in [0.29, 0.717) is 12.6 Å². The molecule has 114 valence electrons. The first-order valence-electron chi connectivity index (χ1n) is 7.61. The Hall–Kier alpha value is -1.49. The Morgan fingerprint density at radius 3 is 2.52 bits per heavy atom. The second-order valence-corrected chi connectivity index (χ2v) is 5.95. The first-order chi connectivity index (χ1) is 10.1. The Morgan fingerprint density at radius 2 is 1.95 bits per heavy atom. The van der Waals surface area contributed by atoms with Crippen LogP contribution in [0.25, 0.3) is 0 Å². The van der Waals surface area contributed by atoms with Crippen LogP contribution in [-0.4, -0.2) is 36.0 Å². The molecule has 2 fully saturated rings. The molecule has 21 heavy (non-hydrogen) atoms. The lowest BCUT2D eigenvalue weighted by atomic mass is 10.1. The van der Waals surface area contributed by atoms with Gasteiger partial charge in [0.15, 0.2) is 0 Å². The van der Waals surface area contributed by atoms with Gasteiger partial charge in [0.05, 0.1) is 6.42 Å². The van der Waals surface area contributed by atoms with Crippen molar-refractivity contribution in [2.24, 2.45) is 0 Å². The zero-order valence-electron chi connectivity index (χ0n) is 11.9. The van der Waals surface area contributed by atoms with Gasteiger partial charge in [0.1, 0.15) is 11.6 Å². The molecule has 1 saturated heterocycles. The predicted octanol–water partition coefficient (Wildman–Crippen LogP) is 2.25. The molecule has 1 saturated carbocycles. The lowest BCUT2D eigenvalue weighted by Gasteiger charge is -2.26. The third kappa shape index (κ3) is 3.40. The molecule has 0 aromatic heterocycles. The summed E-state index contributed by atoms with van der Waals surface area (Å²) < 4.78 is 27.3. The third-order valence-electron chi connectivity index (χ3n) is 4.28. The van der Waals surface area contributed by atoms with Crippen LogP contribution in [0, 0.1) is 11.6 Å². The highest BCUT2D eigenvalue weighted by molar-refractivity contribution is 5.79. The smallest absolute Gasteiger partial charge is 0.227 e. The third-order valence-corrected chi connectivity index (χ3v) is 4.28. The summed E-state index contributed by atoms with van der Waals surface area (Å²) in [5, 5.41) is 3.37. The van der Waals surface area contributed by atoms with Gasteiger partial charge in [0.25, 0.3) is 0 Å². The van der Waals surface area contributed by atoms with Crippen molar-refractivity contribution in [3.05, 3.63) is 35.4 Å². The summed E-state index contributed by atoms with van der Waals surface area (Å²) in [5.74, 6) is -1.45. The maximum absolute atomic E-state index is 13.7. The van der Waals surface area contributed by atoms with Gasteiger partial charge in [-0.05, 0) is 44.4 Å². The van der Waals surface area contributed by atoms with Gasteiger partial charge < -0.3 is 10.2 Å². The second-order valence-electron chi connectivity index (χ2n) is 5.95. The van der Waals surface area contributed by atoms with Crippen molar-refractivity contribution in [1.29, 1.82) is 0 Å². The number of hydrogen-bond acceptors (Lipinski definition) is 2. The Morgan fingerprint density at radius 1 is 1.24 bits per heavy atom. The summed E-state index contributed by atoms with van der Waals surface area (Å²) in [6.07, 6.45) is 3.99. The fourth-order valence-corrected chi connectivity index (χ4v) is 2.94. The fraction of sp³-hybridized carbons (Fsp3) is 0.562. The van der Waals surface area contributed by atoms with Crippen LogP contribution < -0.4 is 5.32 Å². The quantitative estimate of drug-likeness (QED) is 0.903. The van der Waals surface area contributed by atoms with Gasteiger partial charge in [-0.15, -0.1) is 0 Å². The van der Waals surface area contributed by atoms with Gasteiger partial charge in [-0.3, -0.25) is 4.79 Å². The Kier molecular flexibility index (Phi) is 4.19. The van der Waals surface area contributed by atoms with E-state index in [2.05, 4.69) is 5.32 Å². The van der Waals surface area contributed by atoms with Crippen molar-refractivity contribution in [1.82, 2.24) is 10.2 Å². The summed E-state index contributed by atoms with van der Waals surface area (Å²) in [5.41, 5.74) is -0.118. The average Bonchev–Trinajstić information content (AvgIpc) is 3.17. The van der Waals surface area contributed by atoms with E-state index in [4.69, 9.17) is 0 Å². The number of halogens is 2. The van der Waals surface area contributed by atoms with Crippen LogP contribution in [0.3, 0.4) is 0 Å². The molecule has 3 nitrogen and oxygen atoms in total. The molecule has 1 atom stereocenters. The second kappa shape index (κ2) is 6.10. The summed E-state index contributed by atoms with van der Waals surface area (Å²) >= 11 is 0. The minimum atomic E-state index is -0.641. The highest BCUT2D eigenvalue weighted by atomic mass is 19.1. The van der Waals surface area contributed by atoms with Crippen LogP contribution in [0.5, 0.6) is 0 Å². The molecule has 1 aromatic rings. The maximum atomic E-state index is 13.7. The Balaban J connectivity index is 1.69. The van der Waals surface area contributed by atoms with Gasteiger partial charge in [0, 0.05) is 24.2 Å². The van der Waals surface area contributed by atoms with Crippen LogP contribution in [0.15, 0.2) is 18.2 Å². The van der Waals surface area contributed by atoms with E-state index in [1.54, 1.807) is 0 Å². The van der Waals surface area contributed by atoms with Crippen molar-refractivity contribution in [2.75, 3.05) is 13.1 Å². The molecule has 3 rings (SSSR count). The lowest BCUT2D eigenvalue weighted by Crippen LogP contribution is -2.43. The van der Waals surface area contributed by atoms with E-state index in [1.807, 2.05) is 4.90 Å². The van der Waals surface area contributed by atoms with E-state index in [0.717, 1.165) is 32.2 Å². The number of nitrogens with one attached hydrogen (secondary N) is 1. The minimum absolute atomic E-state index is 0.118. The number of carbonyl (C=O) groups excluding carboxylic acids is 1. The Labute approximate surface area is 123 Å². The molecule has 0 bridgehead atoms. The predicted molar refractivity (Wildman–Crippen MR) is 75.8 cm³/mol. The molecule has 1 aliphatic carbocycles. The first kappa shape index (κ1) is 14.4. The average molecular weight is 294 g/mol. The van der Waals surface area contributed by atoms with Gasteiger partial charge in [-0.25, -0.2) is 8.78 Å². The van der Waals surface area contributed by atoms with E-state index >= 15 is 0 Å². The molecule has 5 heteroatoms. The monoisotopic (exact) mass is 294 g/mol. The molecule has 1 N–H and O–H groups in total. The number of amides is 1. The normalized spacial score (nSPS) is 21.5. The Bertz CT molecular complexity index is 505. The highest BCUT2D eigenvalue weighted by Gasteiger charge is 2.34. The molecule has 1 amide bonds. The number of hydrogen-bond donors (Lipinski definition) is 1. The molecule has 2 aliphatic rings. The van der Waals surface area contributed by atoms with Gasteiger partial charge >= 0.3 is 0 Å². The van der Waals surface area contributed by atoms with Crippen LogP contribution in [0.2, 0.25) is 0 Å². The SMILES string of the molecule is O=C(Cc1c(F)cccc1F)N(CC1CCCN1)C1CC1. The first-order valence-corrected chi connectivity index (χ1v) is 7.61. The van der Waals surface area contributed by atoms with Crippen molar-refractivity contribution in [2.45, 2.75) is 44.2 Å². The molecule has 1 unspecified atom stereocenters. The fourth-order valence-electron chi connectivity index (χ4n) is 2.94. The van der Waals surface area contributed by atoms with Gasteiger partial charge in [-0.1, -0.05) is 6.07 Å². The molecule has 0 radical (unpaired) electrons. The van der Waals surface area contributed by atoms with Crippen LogP contribution in [0.1, 0.15) is 31.2 Å². The van der Waals surface area contributed by atoms with Gasteiger partial charge in [-0.2, -0.15) is 0 Å². The number of benzene rings is 1. The lowest BCUT2D eigenvalue weighted by molar-refractivity contribution is -0.131. The zero-order chi connectivity index (χ0) is 14.8. The van der Waals surface area contributed by atoms with E-state index in [-0.39, 0.29) is 23.9 Å². The maximum Gasteiger partial charge on any atom is 0.227 e. The van der Waals surface area contributed by atoms with Crippen molar-refractivity contribution in [3.8, 4) is 0 Å². The van der Waals surface area contributed by atoms with Crippen LogP contribution in [0.4, 0.5) is 8.78 Å².